The molecule has 6 heteroatoms. The average Bonchev–Trinajstić information content (AvgIpc) is 3.28. The summed E-state index contributed by atoms with van der Waals surface area (Å²) in [6, 6.07) is 0. The van der Waals surface area contributed by atoms with Crippen molar-refractivity contribution in [3.05, 3.63) is 60.8 Å². The van der Waals surface area contributed by atoms with Gasteiger partial charge in [0, 0.05) is 19.3 Å². The van der Waals surface area contributed by atoms with Crippen molar-refractivity contribution in [2.45, 2.75) is 271 Å². The van der Waals surface area contributed by atoms with Gasteiger partial charge in [0.2, 0.25) is 0 Å². The van der Waals surface area contributed by atoms with Gasteiger partial charge in [0.15, 0.2) is 6.10 Å². The summed E-state index contributed by atoms with van der Waals surface area (Å²) >= 11 is 0. The summed E-state index contributed by atoms with van der Waals surface area (Å²) in [5, 5.41) is 0. The van der Waals surface area contributed by atoms with Crippen LogP contribution in [0.5, 0.6) is 0 Å². The van der Waals surface area contributed by atoms with Gasteiger partial charge in [0.05, 0.1) is 0 Å². The number of allylic oxidation sites excluding steroid dienone is 10. The molecule has 0 aliphatic heterocycles. The topological polar surface area (TPSA) is 78.9 Å². The maximum absolute atomic E-state index is 12.8. The lowest BCUT2D eigenvalue weighted by molar-refractivity contribution is -0.166. The minimum atomic E-state index is -0.810. The fourth-order valence-corrected chi connectivity index (χ4v) is 7.42. The third-order valence-corrected chi connectivity index (χ3v) is 11.5. The van der Waals surface area contributed by atoms with Crippen LogP contribution in [0, 0.1) is 0 Å². The van der Waals surface area contributed by atoms with Gasteiger partial charge in [-0.2, -0.15) is 0 Å². The molecule has 0 N–H and O–H groups in total. The van der Waals surface area contributed by atoms with Gasteiger partial charge in [0.25, 0.3) is 0 Å². The molecule has 0 aromatic rings. The fraction of sp³-hybridized carbons (Fsp3) is 0.772. The molecule has 0 aliphatic carbocycles. The highest BCUT2D eigenvalue weighted by molar-refractivity contribution is 5.71. The summed E-state index contributed by atoms with van der Waals surface area (Å²) in [4.78, 5) is 37.9. The van der Waals surface area contributed by atoms with E-state index >= 15 is 0 Å². The normalized spacial score (nSPS) is 12.5. The quantitative estimate of drug-likeness (QED) is 0.0199. The first-order valence-electron chi connectivity index (χ1n) is 26.8. The number of ether oxygens (including phenoxy) is 3. The predicted molar refractivity (Wildman–Crippen MR) is 270 cm³/mol. The Morgan fingerprint density at radius 1 is 0.333 bits per heavy atom. The van der Waals surface area contributed by atoms with E-state index in [9.17, 15) is 14.4 Å². The van der Waals surface area contributed by atoms with E-state index in [1.165, 1.54) is 135 Å². The van der Waals surface area contributed by atoms with Gasteiger partial charge in [-0.25, -0.2) is 0 Å². The van der Waals surface area contributed by atoms with E-state index < -0.39 is 6.10 Å². The minimum absolute atomic E-state index is 0.105. The Kier molecular flexibility index (Phi) is 49.4. The molecule has 364 valence electrons. The van der Waals surface area contributed by atoms with Gasteiger partial charge < -0.3 is 14.2 Å². The lowest BCUT2D eigenvalue weighted by Gasteiger charge is -2.18. The van der Waals surface area contributed by atoms with Crippen LogP contribution in [0.2, 0.25) is 0 Å². The van der Waals surface area contributed by atoms with Gasteiger partial charge >= 0.3 is 17.9 Å². The highest BCUT2D eigenvalue weighted by Gasteiger charge is 2.19. The van der Waals surface area contributed by atoms with E-state index in [2.05, 4.69) is 75.5 Å². The molecule has 0 spiro atoms. The van der Waals surface area contributed by atoms with Crippen molar-refractivity contribution in [3.8, 4) is 0 Å². The number of hydrogen-bond acceptors (Lipinski definition) is 6. The molecule has 1 unspecified atom stereocenters. The second-order valence-electron chi connectivity index (χ2n) is 17.8. The first kappa shape index (κ1) is 60.1. The zero-order valence-electron chi connectivity index (χ0n) is 41.6. The molecule has 0 aliphatic rings. The first-order valence-corrected chi connectivity index (χ1v) is 26.8. The predicted octanol–water partition coefficient (Wildman–Crippen LogP) is 17.6. The molecule has 1 atom stereocenters. The third-order valence-electron chi connectivity index (χ3n) is 11.5. The molecular weight excluding hydrogens is 781 g/mol. The standard InChI is InChI=1S/C57H100O6/c1-4-7-10-13-16-19-22-25-27-28-29-30-33-35-38-41-44-47-50-56(59)62-53-54(52-61-55(58)49-46-43-40-37-34-31-24-21-18-15-12-9-6-3)63-57(60)51-48-45-42-39-36-32-26-23-20-17-14-11-8-5-2/h27-32,34,36,40,43,54H,4-26,33,35,37-39,41-42,44-53H2,1-3H3/b28-27-,30-29-,34-31-,36-32-,43-40-. The van der Waals surface area contributed by atoms with Gasteiger partial charge in [0.1, 0.15) is 13.2 Å². The molecule has 63 heavy (non-hydrogen) atoms. The van der Waals surface area contributed by atoms with Crippen LogP contribution in [0.1, 0.15) is 265 Å². The van der Waals surface area contributed by atoms with E-state index in [1.54, 1.807) is 0 Å². The molecule has 0 rings (SSSR count). The fourth-order valence-electron chi connectivity index (χ4n) is 7.42. The van der Waals surface area contributed by atoms with Crippen LogP contribution in [0.3, 0.4) is 0 Å². The van der Waals surface area contributed by atoms with Crippen LogP contribution in [-0.4, -0.2) is 37.2 Å². The molecule has 0 aromatic heterocycles. The highest BCUT2D eigenvalue weighted by atomic mass is 16.6. The summed E-state index contributed by atoms with van der Waals surface area (Å²) < 4.78 is 16.7. The van der Waals surface area contributed by atoms with Crippen LogP contribution in [0.15, 0.2) is 60.8 Å². The van der Waals surface area contributed by atoms with Crippen molar-refractivity contribution in [2.24, 2.45) is 0 Å². The van der Waals surface area contributed by atoms with Crippen LogP contribution in [-0.2, 0) is 28.6 Å². The Hall–Kier alpha value is -2.89. The number of hydrogen-bond donors (Lipinski definition) is 0. The van der Waals surface area contributed by atoms with E-state index in [1.807, 2.05) is 6.08 Å². The molecule has 0 heterocycles. The van der Waals surface area contributed by atoms with Crippen molar-refractivity contribution in [3.63, 3.8) is 0 Å². The van der Waals surface area contributed by atoms with E-state index in [0.717, 1.165) is 83.5 Å². The lowest BCUT2D eigenvalue weighted by atomic mass is 10.1. The molecule has 0 saturated heterocycles. The molecule has 0 fully saturated rings. The zero-order valence-corrected chi connectivity index (χ0v) is 41.6. The summed E-state index contributed by atoms with van der Waals surface area (Å²) in [5.41, 5.74) is 0. The largest absolute Gasteiger partial charge is 0.462 e. The zero-order chi connectivity index (χ0) is 45.8. The number of carbonyl (C=O) groups excluding carboxylic acids is 3. The Balaban J connectivity index is 4.46. The Labute approximate surface area is 390 Å². The second-order valence-corrected chi connectivity index (χ2v) is 17.8. The van der Waals surface area contributed by atoms with E-state index in [-0.39, 0.29) is 37.5 Å². The Morgan fingerprint density at radius 2 is 0.651 bits per heavy atom. The molecular formula is C57H100O6. The SMILES string of the molecule is CCCCCCCC/C=C\C/C=C\CCC(=O)OCC(COC(=O)CCCCCCC/C=C\C=C/CCCCCCCCC)OC(=O)CCCCC/C=C\CCCCCCCCC. The minimum Gasteiger partial charge on any atom is -0.462 e. The Bertz CT molecular complexity index is 1150. The Morgan fingerprint density at radius 3 is 1.10 bits per heavy atom. The van der Waals surface area contributed by atoms with Gasteiger partial charge in [-0.1, -0.05) is 216 Å². The summed E-state index contributed by atoms with van der Waals surface area (Å²) in [5.74, 6) is -1.00. The van der Waals surface area contributed by atoms with Crippen molar-refractivity contribution < 1.29 is 28.6 Å². The van der Waals surface area contributed by atoms with Gasteiger partial charge in [-0.05, 0) is 89.9 Å². The van der Waals surface area contributed by atoms with E-state index in [0.29, 0.717) is 19.3 Å². The first-order chi connectivity index (χ1) is 31.0. The molecule has 0 bridgehead atoms. The summed E-state index contributed by atoms with van der Waals surface area (Å²) in [6.07, 6.45) is 63.6. The average molecular weight is 881 g/mol. The molecule has 0 amide bonds. The van der Waals surface area contributed by atoms with Crippen LogP contribution in [0.4, 0.5) is 0 Å². The highest BCUT2D eigenvalue weighted by Crippen LogP contribution is 2.13. The smallest absolute Gasteiger partial charge is 0.306 e. The number of unbranched alkanes of at least 4 members (excludes halogenated alkanes) is 28. The lowest BCUT2D eigenvalue weighted by Crippen LogP contribution is -2.30. The number of esters is 3. The van der Waals surface area contributed by atoms with Crippen LogP contribution < -0.4 is 0 Å². The second kappa shape index (κ2) is 51.7. The van der Waals surface area contributed by atoms with Crippen LogP contribution in [0.25, 0.3) is 0 Å². The number of rotatable bonds is 48. The third kappa shape index (κ3) is 50.0. The van der Waals surface area contributed by atoms with Crippen molar-refractivity contribution >= 4 is 17.9 Å². The van der Waals surface area contributed by atoms with Crippen LogP contribution >= 0.6 is 0 Å². The van der Waals surface area contributed by atoms with E-state index in [4.69, 9.17) is 14.2 Å². The summed E-state index contributed by atoms with van der Waals surface area (Å²) in [7, 11) is 0. The monoisotopic (exact) mass is 881 g/mol. The van der Waals surface area contributed by atoms with Crippen molar-refractivity contribution in [1.82, 2.24) is 0 Å². The van der Waals surface area contributed by atoms with Crippen molar-refractivity contribution in [1.29, 1.82) is 0 Å². The van der Waals surface area contributed by atoms with Gasteiger partial charge in [-0.15, -0.1) is 0 Å². The molecule has 0 saturated carbocycles. The maximum Gasteiger partial charge on any atom is 0.306 e. The maximum atomic E-state index is 12.8. The molecule has 0 aromatic carbocycles. The van der Waals surface area contributed by atoms with Gasteiger partial charge in [-0.3, -0.25) is 14.4 Å². The molecule has 6 nitrogen and oxygen atoms in total. The summed E-state index contributed by atoms with van der Waals surface area (Å²) in [6.45, 7) is 6.55. The number of carbonyl (C=O) groups is 3. The van der Waals surface area contributed by atoms with Crippen molar-refractivity contribution in [2.75, 3.05) is 13.2 Å². The molecule has 0 radical (unpaired) electrons.